The second kappa shape index (κ2) is 3.33. The van der Waals surface area contributed by atoms with E-state index in [-0.39, 0.29) is 8.76 Å². The summed E-state index contributed by atoms with van der Waals surface area (Å²) >= 11 is 0. The lowest BCUT2D eigenvalue weighted by molar-refractivity contribution is -0.124. The number of hydrogen-bond acceptors (Lipinski definition) is 3. The van der Waals surface area contributed by atoms with Gasteiger partial charge in [0.05, 0.1) is 0 Å². The molecule has 0 radical (unpaired) electrons. The number of rotatable bonds is 3. The van der Waals surface area contributed by atoms with Crippen LogP contribution in [0.1, 0.15) is 16.2 Å². The normalized spacial score (nSPS) is 27.7. The molecule has 13 heavy (non-hydrogen) atoms. The number of amides is 3. The quantitative estimate of drug-likeness (QED) is 0.616. The summed E-state index contributed by atoms with van der Waals surface area (Å²) in [6.45, 7) is 2.41. The average molecular weight is 189 g/mol. The molecule has 78 valence electrons. The highest BCUT2D eigenvalue weighted by atomic mass is 16.2. The van der Waals surface area contributed by atoms with E-state index in [0.717, 1.165) is 0 Å². The van der Waals surface area contributed by atoms with Gasteiger partial charge in [-0.1, -0.05) is 6.92 Å². The van der Waals surface area contributed by atoms with Crippen molar-refractivity contribution in [2.45, 2.75) is 18.9 Å². The number of urea groups is 1. The minimum Gasteiger partial charge on any atom is -0.322 e. The molecule has 1 heterocycles. The van der Waals surface area contributed by atoms with Crippen LogP contribution in [0.3, 0.4) is 0 Å². The van der Waals surface area contributed by atoms with Crippen molar-refractivity contribution in [3.63, 3.8) is 0 Å². The van der Waals surface area contributed by atoms with Crippen molar-refractivity contribution in [3.8, 4) is 0 Å². The maximum atomic E-state index is 11.5. The average Bonchev–Trinajstić information content (AvgIpc) is 2.26. The van der Waals surface area contributed by atoms with Gasteiger partial charge in [-0.15, -0.1) is 0 Å². The van der Waals surface area contributed by atoms with Crippen molar-refractivity contribution in [1.29, 1.82) is 0 Å². The fourth-order valence-corrected chi connectivity index (χ4v) is 1.54. The van der Waals surface area contributed by atoms with Crippen LogP contribution in [-0.2, 0) is 4.79 Å². The summed E-state index contributed by atoms with van der Waals surface area (Å²) in [6, 6.07) is -0.395. The molecular weight excluding hydrogens is 170 g/mol. The topological polar surface area (TPSA) is 61.4 Å². The molecule has 5 heteroatoms. The van der Waals surface area contributed by atoms with Gasteiger partial charge in [-0.05, 0) is 20.5 Å². The highest BCUT2D eigenvalue weighted by Crippen LogP contribution is 2.15. The van der Waals surface area contributed by atoms with Crippen LogP contribution >= 0.6 is 0 Å². The lowest BCUT2D eigenvalue weighted by Gasteiger charge is -2.27. The van der Waals surface area contributed by atoms with Gasteiger partial charge >= 0.3 is 6.03 Å². The molecule has 0 aromatic rings. The Labute approximate surface area is 80.4 Å². The maximum absolute atomic E-state index is 11.5. The molecule has 1 aliphatic heterocycles. The van der Waals surface area contributed by atoms with Crippen molar-refractivity contribution >= 4 is 11.9 Å². The van der Waals surface area contributed by atoms with Gasteiger partial charge in [0.1, 0.15) is 5.54 Å². The highest BCUT2D eigenvalue weighted by Gasteiger charge is 2.44. The Morgan fingerprint density at radius 3 is 2.38 bits per heavy atom. The fraction of sp³-hybridized carbons (Fsp3) is 0.750. The Kier molecular flexibility index (Phi) is 2.56. The van der Waals surface area contributed by atoms with Crippen LogP contribution in [-0.4, -0.2) is 43.0 Å². The number of nitrogens with one attached hydrogen (secondary N) is 2. The standard InChI is InChI=1S/C8H15N3O2.2H2/c1-4-8(5-11(2)3)6(12)9-7(13)10-8;;/h4-5H2,1-3H3,(H2,9,10,12,13);2*1H/t8-;;/m1../s1. The Morgan fingerprint density at radius 2 is 2.08 bits per heavy atom. The molecule has 0 aromatic heterocycles. The van der Waals surface area contributed by atoms with E-state index in [9.17, 15) is 9.59 Å². The molecule has 1 aliphatic rings. The van der Waals surface area contributed by atoms with Gasteiger partial charge < -0.3 is 10.2 Å². The first-order valence-electron chi connectivity index (χ1n) is 4.28. The zero-order chi connectivity index (χ0) is 10.1. The lowest BCUT2D eigenvalue weighted by atomic mass is 9.96. The van der Waals surface area contributed by atoms with Gasteiger partial charge in [0.2, 0.25) is 0 Å². The van der Waals surface area contributed by atoms with Gasteiger partial charge in [-0.3, -0.25) is 10.1 Å². The molecule has 1 atom stereocenters. The predicted molar refractivity (Wildman–Crippen MR) is 52.5 cm³/mol. The van der Waals surface area contributed by atoms with Crippen molar-refractivity contribution in [3.05, 3.63) is 0 Å². The van der Waals surface area contributed by atoms with E-state index in [1.54, 1.807) is 0 Å². The molecule has 5 nitrogen and oxygen atoms in total. The molecule has 0 spiro atoms. The van der Waals surface area contributed by atoms with Crippen molar-refractivity contribution < 1.29 is 12.4 Å². The fourth-order valence-electron chi connectivity index (χ4n) is 1.54. The Hall–Kier alpha value is -1.10. The summed E-state index contributed by atoms with van der Waals surface area (Å²) in [5.41, 5.74) is -0.736. The number of carbonyl (C=O) groups is 2. The van der Waals surface area contributed by atoms with E-state index in [4.69, 9.17) is 0 Å². The molecule has 1 fully saturated rings. The summed E-state index contributed by atoms with van der Waals surface area (Å²) < 4.78 is 0. The Morgan fingerprint density at radius 1 is 1.46 bits per heavy atom. The number of nitrogens with zero attached hydrogens (tertiary/aromatic N) is 1. The molecular formula is C8H19N3O2. The highest BCUT2D eigenvalue weighted by molar-refractivity contribution is 6.07. The number of carbonyl (C=O) groups excluding carboxylic acids is 2. The summed E-state index contributed by atoms with van der Waals surface area (Å²) in [5.74, 6) is -0.228. The van der Waals surface area contributed by atoms with Crippen LogP contribution in [0.4, 0.5) is 4.79 Å². The molecule has 0 aliphatic carbocycles. The van der Waals surface area contributed by atoms with Crippen LogP contribution in [0, 0.1) is 0 Å². The summed E-state index contributed by atoms with van der Waals surface area (Å²) in [6.07, 6.45) is 0.600. The smallest absolute Gasteiger partial charge is 0.322 e. The van der Waals surface area contributed by atoms with Gasteiger partial charge in [0, 0.05) is 9.40 Å². The third-order valence-electron chi connectivity index (χ3n) is 2.20. The summed E-state index contributed by atoms with van der Waals surface area (Å²) in [7, 11) is 3.74. The molecule has 0 aromatic carbocycles. The summed E-state index contributed by atoms with van der Waals surface area (Å²) in [5, 5.41) is 4.91. The van der Waals surface area contributed by atoms with Crippen LogP contribution < -0.4 is 10.6 Å². The van der Waals surface area contributed by atoms with Gasteiger partial charge in [-0.2, -0.15) is 0 Å². The first-order chi connectivity index (χ1) is 6.00. The maximum Gasteiger partial charge on any atom is 0.322 e. The number of hydrogen-bond donors (Lipinski definition) is 2. The SMILES string of the molecule is CC[C@]1(CN(C)C)NC(=O)NC1=O.[HH].[HH]. The lowest BCUT2D eigenvalue weighted by Crippen LogP contribution is -2.53. The zero-order valence-corrected chi connectivity index (χ0v) is 8.18. The summed E-state index contributed by atoms with van der Waals surface area (Å²) in [4.78, 5) is 24.3. The minimum absolute atomic E-state index is 0. The van der Waals surface area contributed by atoms with Crippen molar-refractivity contribution in [2.24, 2.45) is 0 Å². The van der Waals surface area contributed by atoms with Crippen molar-refractivity contribution in [2.75, 3.05) is 20.6 Å². The van der Waals surface area contributed by atoms with E-state index in [1.807, 2.05) is 25.9 Å². The molecule has 0 saturated carbocycles. The van der Waals surface area contributed by atoms with Crippen LogP contribution in [0.2, 0.25) is 0 Å². The van der Waals surface area contributed by atoms with E-state index in [2.05, 4.69) is 10.6 Å². The first kappa shape index (κ1) is 9.98. The van der Waals surface area contributed by atoms with Crippen LogP contribution in [0.25, 0.3) is 0 Å². The Bertz CT molecular complexity index is 248. The second-order valence-electron chi connectivity index (χ2n) is 3.58. The van der Waals surface area contributed by atoms with Crippen molar-refractivity contribution in [1.82, 2.24) is 15.5 Å². The monoisotopic (exact) mass is 189 g/mol. The predicted octanol–water partition coefficient (Wildman–Crippen LogP) is 0.0282. The number of imide groups is 1. The van der Waals surface area contributed by atoms with E-state index >= 15 is 0 Å². The molecule has 0 unspecified atom stereocenters. The van der Waals surface area contributed by atoms with Gasteiger partial charge in [0.25, 0.3) is 5.91 Å². The molecule has 3 amide bonds. The molecule has 2 N–H and O–H groups in total. The van der Waals surface area contributed by atoms with E-state index in [0.29, 0.717) is 13.0 Å². The second-order valence-corrected chi connectivity index (χ2v) is 3.58. The van der Waals surface area contributed by atoms with E-state index in [1.165, 1.54) is 0 Å². The molecule has 1 saturated heterocycles. The van der Waals surface area contributed by atoms with E-state index < -0.39 is 11.6 Å². The molecule has 0 bridgehead atoms. The zero-order valence-electron chi connectivity index (χ0n) is 8.18. The van der Waals surface area contributed by atoms with Gasteiger partial charge in [0.15, 0.2) is 0 Å². The largest absolute Gasteiger partial charge is 0.322 e. The third kappa shape index (κ3) is 1.80. The minimum atomic E-state index is -0.736. The Balaban J connectivity index is 0. The van der Waals surface area contributed by atoms with Crippen LogP contribution in [0.15, 0.2) is 0 Å². The first-order valence-corrected chi connectivity index (χ1v) is 4.28. The van der Waals surface area contributed by atoms with Gasteiger partial charge in [-0.25, -0.2) is 4.79 Å². The van der Waals surface area contributed by atoms with Crippen LogP contribution in [0.5, 0.6) is 0 Å². The number of likely N-dealkylation sites (N-methyl/N-ethyl adjacent to an activating group) is 1. The third-order valence-corrected chi connectivity index (χ3v) is 2.20. The molecule has 1 rings (SSSR count).